The Morgan fingerprint density at radius 2 is 1.13 bits per heavy atom. The van der Waals surface area contributed by atoms with Gasteiger partial charge in [0.15, 0.2) is 15.7 Å². The Kier molecular flexibility index (Phi) is 46.7. The van der Waals surface area contributed by atoms with Crippen LogP contribution < -0.4 is 0 Å². The largest absolute Gasteiger partial charge is 0.415 e. The van der Waals surface area contributed by atoms with E-state index in [4.69, 9.17) is 74.3 Å². The minimum atomic E-state index is -1.53. The Morgan fingerprint density at radius 1 is 0.712 bits per heavy atom. The molecule has 2 unspecified atom stereocenters. The predicted molar refractivity (Wildman–Crippen MR) is 224 cm³/mol. The molecule has 2 saturated heterocycles. The van der Waals surface area contributed by atoms with Crippen molar-refractivity contribution in [3.63, 3.8) is 0 Å². The van der Waals surface area contributed by atoms with Crippen LogP contribution in [0.3, 0.4) is 0 Å². The van der Waals surface area contributed by atoms with Gasteiger partial charge in [0.1, 0.15) is 8.11 Å². The van der Waals surface area contributed by atoms with Crippen molar-refractivity contribution in [1.82, 2.24) is 0 Å². The number of halogens is 2. The third-order valence-electron chi connectivity index (χ3n) is 6.94. The SMILES string of the molecule is C=CCOCCOC.COCCOCCC[Si](C)(C)OCC1CCCO1.COCCOCCOCCC[Si](C)(C)Cl.C[SiH](C)Cl.OCC1CCCO1. The van der Waals surface area contributed by atoms with E-state index in [9.17, 15) is 0 Å². The molecule has 0 aliphatic carbocycles. The first-order valence-electron chi connectivity index (χ1n) is 19.0. The maximum Gasteiger partial charge on any atom is 0.186 e. The highest BCUT2D eigenvalue weighted by Gasteiger charge is 2.25. The van der Waals surface area contributed by atoms with Crippen LogP contribution in [0.4, 0.5) is 0 Å². The van der Waals surface area contributed by atoms with Gasteiger partial charge in [0.05, 0.1) is 84.9 Å². The van der Waals surface area contributed by atoms with Gasteiger partial charge in [0, 0.05) is 47.8 Å². The summed E-state index contributed by atoms with van der Waals surface area (Å²) in [5.74, 6) is 0. The average Bonchev–Trinajstić information content (AvgIpc) is 3.82. The van der Waals surface area contributed by atoms with Gasteiger partial charge in [-0.1, -0.05) is 32.3 Å². The van der Waals surface area contributed by atoms with Crippen LogP contribution in [-0.2, 0) is 47.1 Å². The van der Waals surface area contributed by atoms with Crippen LogP contribution in [0.15, 0.2) is 12.7 Å². The topological polar surface area (TPSA) is 113 Å². The molecule has 11 nitrogen and oxygen atoms in total. The van der Waals surface area contributed by atoms with Gasteiger partial charge < -0.3 is 52.2 Å². The van der Waals surface area contributed by atoms with E-state index in [1.54, 1.807) is 27.4 Å². The Balaban J connectivity index is -0.000000630. The zero-order valence-electron chi connectivity index (χ0n) is 34.6. The summed E-state index contributed by atoms with van der Waals surface area (Å²) in [6.07, 6.45) is 8.84. The Labute approximate surface area is 332 Å². The normalized spacial score (nSPS) is 16.9. The Hall–Kier alpha value is 0.531. The molecule has 16 heteroatoms. The highest BCUT2D eigenvalue weighted by Crippen LogP contribution is 2.18. The van der Waals surface area contributed by atoms with Crippen molar-refractivity contribution in [2.24, 2.45) is 0 Å². The minimum absolute atomic E-state index is 0.153. The predicted octanol–water partition coefficient (Wildman–Crippen LogP) is 7.14. The van der Waals surface area contributed by atoms with E-state index in [-0.39, 0.29) is 12.7 Å². The quantitative estimate of drug-likeness (QED) is 0.0415. The van der Waals surface area contributed by atoms with E-state index in [2.05, 4.69) is 45.9 Å². The average molecular weight is 844 g/mol. The fourth-order valence-corrected chi connectivity index (χ4v) is 7.33. The van der Waals surface area contributed by atoms with E-state index < -0.39 is 23.8 Å². The molecule has 2 heterocycles. The van der Waals surface area contributed by atoms with Gasteiger partial charge in [0.25, 0.3) is 0 Å². The van der Waals surface area contributed by atoms with Gasteiger partial charge in [-0.2, -0.15) is 22.2 Å². The molecule has 0 aromatic carbocycles. The molecule has 0 aromatic heterocycles. The van der Waals surface area contributed by atoms with Gasteiger partial charge in [-0.3, -0.25) is 0 Å². The van der Waals surface area contributed by atoms with Gasteiger partial charge in [-0.15, -0.1) is 6.58 Å². The van der Waals surface area contributed by atoms with E-state index in [0.717, 1.165) is 77.2 Å². The molecule has 0 aromatic rings. The first kappa shape index (κ1) is 56.9. The number of hydrogen-bond donors (Lipinski definition) is 1. The molecule has 316 valence electrons. The highest BCUT2D eigenvalue weighted by molar-refractivity contribution is 7.19. The van der Waals surface area contributed by atoms with Crippen molar-refractivity contribution in [2.75, 3.05) is 120 Å². The van der Waals surface area contributed by atoms with Gasteiger partial charge in [-0.25, -0.2) is 0 Å². The first-order chi connectivity index (χ1) is 24.8. The highest BCUT2D eigenvalue weighted by atomic mass is 35.6. The zero-order chi connectivity index (χ0) is 39.8. The number of aliphatic hydroxyl groups is 1. The molecule has 0 bridgehead atoms. The van der Waals surface area contributed by atoms with Crippen molar-refractivity contribution < 1.29 is 52.2 Å². The molecule has 2 atom stereocenters. The number of aliphatic hydroxyl groups excluding tert-OH is 1. The molecule has 52 heavy (non-hydrogen) atoms. The third-order valence-corrected chi connectivity index (χ3v) is 11.6. The molecule has 1 N–H and O–H groups in total. The van der Waals surface area contributed by atoms with E-state index in [1.165, 1.54) is 6.42 Å². The zero-order valence-corrected chi connectivity index (χ0v) is 39.2. The summed E-state index contributed by atoms with van der Waals surface area (Å²) in [6.45, 7) is 26.7. The molecule has 2 rings (SSSR count). The van der Waals surface area contributed by atoms with Crippen LogP contribution in [0.1, 0.15) is 38.5 Å². The molecular formula is C36H80Cl2O11Si3. The summed E-state index contributed by atoms with van der Waals surface area (Å²) < 4.78 is 52.3. The van der Waals surface area contributed by atoms with Crippen molar-refractivity contribution in [1.29, 1.82) is 0 Å². The number of rotatable bonds is 26. The molecule has 0 saturated carbocycles. The standard InChI is InChI=1S/C13H28O4Si.C10H23ClO3Si.C6H12O2.C5H10O2.C2H7ClSi/c1-14-9-10-15-7-5-11-18(2,3)17-12-13-6-4-8-16-13;1-12-6-7-14-9-8-13-5-4-10-15(2,3)11;1-3-4-8-6-5-7-2;6-4-5-2-1-3-7-5;1-4(2)3/h13H,4-12H2,1-3H3;4-10H2,1-3H3;3H,1,4-6H2,2H3;5-6H,1-4H2;4H,1-2H3. The third kappa shape index (κ3) is 52.6. The lowest BCUT2D eigenvalue weighted by atomic mass is 10.2. The lowest BCUT2D eigenvalue weighted by Gasteiger charge is -2.24. The van der Waals surface area contributed by atoms with Crippen molar-refractivity contribution >= 4 is 46.0 Å². The second-order valence-corrected chi connectivity index (χ2v) is 29.6. The van der Waals surface area contributed by atoms with Crippen LogP contribution in [0.5, 0.6) is 0 Å². The smallest absolute Gasteiger partial charge is 0.186 e. The lowest BCUT2D eigenvalue weighted by Crippen LogP contribution is -2.34. The summed E-state index contributed by atoms with van der Waals surface area (Å²) >= 11 is 11.6. The van der Waals surface area contributed by atoms with E-state index >= 15 is 0 Å². The minimum Gasteiger partial charge on any atom is -0.415 e. The van der Waals surface area contributed by atoms with Gasteiger partial charge >= 0.3 is 0 Å². The fourth-order valence-electron chi connectivity index (χ4n) is 4.17. The second kappa shape index (κ2) is 42.7. The fraction of sp³-hybridized carbons (Fsp3) is 0.944. The van der Waals surface area contributed by atoms with Crippen molar-refractivity contribution in [3.05, 3.63) is 12.7 Å². The summed E-state index contributed by atoms with van der Waals surface area (Å²) in [4.78, 5) is 0. The van der Waals surface area contributed by atoms with Crippen molar-refractivity contribution in [3.8, 4) is 0 Å². The summed E-state index contributed by atoms with van der Waals surface area (Å²) in [7, 11) is 1.41. The molecule has 0 spiro atoms. The number of hydrogen-bond acceptors (Lipinski definition) is 11. The molecule has 2 fully saturated rings. The summed E-state index contributed by atoms with van der Waals surface area (Å²) in [6, 6.07) is 2.26. The van der Waals surface area contributed by atoms with Gasteiger partial charge in [-0.05, 0) is 63.7 Å². The van der Waals surface area contributed by atoms with Crippen LogP contribution in [0.2, 0.25) is 51.4 Å². The lowest BCUT2D eigenvalue weighted by molar-refractivity contribution is 0.0250. The molecule has 0 radical (unpaired) electrons. The van der Waals surface area contributed by atoms with E-state index in [1.807, 2.05) is 0 Å². The molecule has 2 aliphatic heterocycles. The maximum atomic E-state index is 8.44. The molecule has 0 amide bonds. The monoisotopic (exact) mass is 842 g/mol. The summed E-state index contributed by atoms with van der Waals surface area (Å²) in [5, 5.41) is 8.44. The van der Waals surface area contributed by atoms with Gasteiger partial charge in [0.2, 0.25) is 0 Å². The number of methoxy groups -OCH3 is 3. The summed E-state index contributed by atoms with van der Waals surface area (Å²) in [5.41, 5.74) is 0. The van der Waals surface area contributed by atoms with Crippen LogP contribution in [0.25, 0.3) is 0 Å². The van der Waals surface area contributed by atoms with Crippen LogP contribution in [-0.4, -0.2) is 162 Å². The Bertz CT molecular complexity index is 698. The molecular weight excluding hydrogens is 764 g/mol. The van der Waals surface area contributed by atoms with Crippen molar-refractivity contribution in [2.45, 2.75) is 102 Å². The van der Waals surface area contributed by atoms with Crippen LogP contribution >= 0.6 is 22.2 Å². The second-order valence-electron chi connectivity index (χ2n) is 13.6. The first-order valence-corrected chi connectivity index (χ1v) is 30.4. The van der Waals surface area contributed by atoms with E-state index in [0.29, 0.717) is 65.6 Å². The maximum absolute atomic E-state index is 8.44. The Morgan fingerprint density at radius 3 is 1.52 bits per heavy atom. The number of ether oxygens (including phenoxy) is 9. The molecule has 2 aliphatic rings. The van der Waals surface area contributed by atoms with Crippen LogP contribution in [0, 0.1) is 0 Å².